The predicted octanol–water partition coefficient (Wildman–Crippen LogP) is 0.924. The topological polar surface area (TPSA) is 110 Å². The second-order valence-electron chi connectivity index (χ2n) is 6.16. The van der Waals surface area contributed by atoms with E-state index in [0.29, 0.717) is 25.7 Å². The molecule has 1 aromatic carbocycles. The third-order valence-electron chi connectivity index (χ3n) is 4.11. The van der Waals surface area contributed by atoms with Gasteiger partial charge in [-0.15, -0.1) is 0 Å². The Morgan fingerprint density at radius 3 is 2.54 bits per heavy atom. The Kier molecular flexibility index (Phi) is 5.70. The van der Waals surface area contributed by atoms with Gasteiger partial charge in [0.1, 0.15) is 5.82 Å². The highest BCUT2D eigenvalue weighted by Crippen LogP contribution is 2.15. The van der Waals surface area contributed by atoms with E-state index >= 15 is 0 Å². The number of primary sulfonamides is 1. The maximum atomic E-state index is 11.3. The molecule has 0 spiro atoms. The van der Waals surface area contributed by atoms with Gasteiger partial charge in [0.25, 0.3) is 0 Å². The average molecular weight is 377 g/mol. The quantitative estimate of drug-likeness (QED) is 0.770. The van der Waals surface area contributed by atoms with Gasteiger partial charge in [0, 0.05) is 31.4 Å². The number of aryl methyl sites for hydroxylation is 1. The van der Waals surface area contributed by atoms with Crippen molar-refractivity contribution in [1.82, 2.24) is 9.97 Å². The first-order valence-corrected chi connectivity index (χ1v) is 10.0. The molecule has 2 aromatic rings. The molecular formula is C17H23N5O3S. The Balaban J connectivity index is 1.60. The van der Waals surface area contributed by atoms with E-state index < -0.39 is 10.0 Å². The first kappa shape index (κ1) is 18.6. The molecule has 9 heteroatoms. The molecule has 0 radical (unpaired) electrons. The summed E-state index contributed by atoms with van der Waals surface area (Å²) in [5, 5.41) is 8.41. The van der Waals surface area contributed by atoms with E-state index in [1.807, 2.05) is 13.0 Å². The maximum Gasteiger partial charge on any atom is 0.238 e. The number of hydrogen-bond acceptors (Lipinski definition) is 7. The van der Waals surface area contributed by atoms with Crippen molar-refractivity contribution in [3.05, 3.63) is 41.6 Å². The van der Waals surface area contributed by atoms with Crippen LogP contribution in [0.3, 0.4) is 0 Å². The van der Waals surface area contributed by atoms with Crippen LogP contribution >= 0.6 is 0 Å². The summed E-state index contributed by atoms with van der Waals surface area (Å²) in [7, 11) is -3.65. The third kappa shape index (κ3) is 4.90. The predicted molar refractivity (Wildman–Crippen MR) is 99.8 cm³/mol. The van der Waals surface area contributed by atoms with Crippen LogP contribution in [-0.4, -0.2) is 51.2 Å². The normalized spacial score (nSPS) is 15.1. The fourth-order valence-corrected chi connectivity index (χ4v) is 3.24. The van der Waals surface area contributed by atoms with Crippen molar-refractivity contribution >= 4 is 21.8 Å². The number of rotatable bonds is 6. The van der Waals surface area contributed by atoms with E-state index in [-0.39, 0.29) is 4.90 Å². The molecule has 0 saturated carbocycles. The van der Waals surface area contributed by atoms with E-state index in [2.05, 4.69) is 20.2 Å². The van der Waals surface area contributed by atoms with E-state index in [1.165, 1.54) is 12.1 Å². The van der Waals surface area contributed by atoms with Crippen LogP contribution in [0.25, 0.3) is 0 Å². The van der Waals surface area contributed by atoms with Crippen molar-refractivity contribution in [1.29, 1.82) is 0 Å². The lowest BCUT2D eigenvalue weighted by molar-refractivity contribution is 0.122. The van der Waals surface area contributed by atoms with Crippen molar-refractivity contribution < 1.29 is 13.2 Å². The smallest absolute Gasteiger partial charge is 0.238 e. The Bertz CT molecular complexity index is 849. The number of benzene rings is 1. The highest BCUT2D eigenvalue weighted by Gasteiger charge is 2.15. The molecule has 0 amide bonds. The highest BCUT2D eigenvalue weighted by atomic mass is 32.2. The number of anilines is 2. The Hall–Kier alpha value is -2.23. The van der Waals surface area contributed by atoms with Crippen molar-refractivity contribution in [2.24, 2.45) is 5.14 Å². The van der Waals surface area contributed by atoms with Gasteiger partial charge in [0.05, 0.1) is 18.1 Å². The van der Waals surface area contributed by atoms with Gasteiger partial charge in [0.2, 0.25) is 16.0 Å². The van der Waals surface area contributed by atoms with Gasteiger partial charge in [-0.1, -0.05) is 12.1 Å². The number of aromatic nitrogens is 2. The minimum atomic E-state index is -3.65. The van der Waals surface area contributed by atoms with Crippen LogP contribution in [0.2, 0.25) is 0 Å². The van der Waals surface area contributed by atoms with E-state index in [0.717, 1.165) is 36.6 Å². The van der Waals surface area contributed by atoms with Crippen molar-refractivity contribution in [3.63, 3.8) is 0 Å². The Morgan fingerprint density at radius 2 is 1.88 bits per heavy atom. The molecule has 1 aromatic heterocycles. The van der Waals surface area contributed by atoms with Crippen molar-refractivity contribution in [3.8, 4) is 0 Å². The van der Waals surface area contributed by atoms with Crippen LogP contribution in [0.5, 0.6) is 0 Å². The summed E-state index contributed by atoms with van der Waals surface area (Å²) < 4.78 is 27.9. The van der Waals surface area contributed by atoms with Crippen LogP contribution in [0.15, 0.2) is 35.2 Å². The molecule has 1 fully saturated rings. The van der Waals surface area contributed by atoms with Gasteiger partial charge in [0.15, 0.2) is 0 Å². The fourth-order valence-electron chi connectivity index (χ4n) is 2.73. The van der Waals surface area contributed by atoms with Crippen molar-refractivity contribution in [2.45, 2.75) is 18.2 Å². The Labute approximate surface area is 153 Å². The summed E-state index contributed by atoms with van der Waals surface area (Å²) >= 11 is 0. The van der Waals surface area contributed by atoms with Crippen LogP contribution in [0.1, 0.15) is 11.3 Å². The fraction of sp³-hybridized carbons (Fsp3) is 0.412. The SMILES string of the molecule is Cc1cc(NCCc2ccc(S(N)(=O)=O)cc2)nc(N2CCOCC2)n1. The molecule has 0 bridgehead atoms. The molecular weight excluding hydrogens is 354 g/mol. The average Bonchev–Trinajstić information content (AvgIpc) is 2.62. The molecule has 140 valence electrons. The van der Waals surface area contributed by atoms with E-state index in [4.69, 9.17) is 9.88 Å². The number of nitrogens with zero attached hydrogens (tertiary/aromatic N) is 3. The van der Waals surface area contributed by atoms with Gasteiger partial charge >= 0.3 is 0 Å². The summed E-state index contributed by atoms with van der Waals surface area (Å²) in [6.07, 6.45) is 0.737. The molecule has 0 unspecified atom stereocenters. The van der Waals surface area contributed by atoms with E-state index in [1.54, 1.807) is 12.1 Å². The number of nitrogens with two attached hydrogens (primary N) is 1. The lowest BCUT2D eigenvalue weighted by Gasteiger charge is -2.27. The van der Waals surface area contributed by atoms with Crippen molar-refractivity contribution in [2.75, 3.05) is 43.1 Å². The number of hydrogen-bond donors (Lipinski definition) is 2. The maximum absolute atomic E-state index is 11.3. The standard InChI is InChI=1S/C17H23N5O3S/c1-13-12-16(21-17(20-13)22-8-10-25-11-9-22)19-7-6-14-2-4-15(5-3-14)26(18,23)24/h2-5,12H,6-11H2,1H3,(H2,18,23,24)(H,19,20,21). The number of nitrogens with one attached hydrogen (secondary N) is 1. The van der Waals surface area contributed by atoms with Gasteiger partial charge in [-0.3, -0.25) is 0 Å². The zero-order valence-electron chi connectivity index (χ0n) is 14.7. The molecule has 0 aliphatic carbocycles. The summed E-state index contributed by atoms with van der Waals surface area (Å²) in [5.41, 5.74) is 1.92. The summed E-state index contributed by atoms with van der Waals surface area (Å²) in [4.78, 5) is 11.3. The molecule has 3 N–H and O–H groups in total. The summed E-state index contributed by atoms with van der Waals surface area (Å²) in [5.74, 6) is 1.49. The van der Waals surface area contributed by atoms with Gasteiger partial charge in [-0.05, 0) is 31.0 Å². The lowest BCUT2D eigenvalue weighted by Crippen LogP contribution is -2.37. The van der Waals surface area contributed by atoms with Crippen LogP contribution < -0.4 is 15.4 Å². The number of ether oxygens (including phenoxy) is 1. The summed E-state index contributed by atoms with van der Waals surface area (Å²) in [6.45, 7) is 5.58. The number of morpholine rings is 1. The minimum absolute atomic E-state index is 0.121. The second kappa shape index (κ2) is 7.98. The largest absolute Gasteiger partial charge is 0.378 e. The zero-order chi connectivity index (χ0) is 18.6. The molecule has 8 nitrogen and oxygen atoms in total. The van der Waals surface area contributed by atoms with Gasteiger partial charge in [-0.25, -0.2) is 18.5 Å². The lowest BCUT2D eigenvalue weighted by atomic mass is 10.1. The molecule has 1 aliphatic heterocycles. The van der Waals surface area contributed by atoms with Crippen LogP contribution in [0, 0.1) is 6.92 Å². The molecule has 1 aliphatic rings. The Morgan fingerprint density at radius 1 is 1.19 bits per heavy atom. The highest BCUT2D eigenvalue weighted by molar-refractivity contribution is 7.89. The third-order valence-corrected chi connectivity index (χ3v) is 5.04. The van der Waals surface area contributed by atoms with Gasteiger partial charge < -0.3 is 15.0 Å². The monoisotopic (exact) mass is 377 g/mol. The summed E-state index contributed by atoms with van der Waals surface area (Å²) in [6, 6.07) is 8.50. The zero-order valence-corrected chi connectivity index (χ0v) is 15.5. The molecule has 26 heavy (non-hydrogen) atoms. The second-order valence-corrected chi connectivity index (χ2v) is 7.72. The molecule has 3 rings (SSSR count). The first-order chi connectivity index (χ1) is 12.4. The molecule has 1 saturated heterocycles. The van der Waals surface area contributed by atoms with Crippen LogP contribution in [0.4, 0.5) is 11.8 Å². The van der Waals surface area contributed by atoms with Crippen LogP contribution in [-0.2, 0) is 21.2 Å². The van der Waals surface area contributed by atoms with E-state index in [9.17, 15) is 8.42 Å². The van der Waals surface area contributed by atoms with Gasteiger partial charge in [-0.2, -0.15) is 4.98 Å². The molecule has 2 heterocycles. The number of sulfonamides is 1. The molecule has 0 atom stereocenters. The first-order valence-electron chi connectivity index (χ1n) is 8.46. The minimum Gasteiger partial charge on any atom is -0.378 e.